The summed E-state index contributed by atoms with van der Waals surface area (Å²) in [4.78, 5) is 16.8. The number of imidazole rings is 1. The van der Waals surface area contributed by atoms with Gasteiger partial charge in [-0.3, -0.25) is 4.79 Å². The first-order valence-corrected chi connectivity index (χ1v) is 7.87. The maximum Gasteiger partial charge on any atom is 0.257 e. The molecule has 0 aliphatic heterocycles. The van der Waals surface area contributed by atoms with Crippen LogP contribution in [0.25, 0.3) is 0 Å². The minimum atomic E-state index is -0.180. The van der Waals surface area contributed by atoms with Gasteiger partial charge in [0.2, 0.25) is 0 Å². The summed E-state index contributed by atoms with van der Waals surface area (Å²) in [5.74, 6) is 0.711. The number of carbonyl (C=O) groups excluding carboxylic acids is 1. The predicted octanol–water partition coefficient (Wildman–Crippen LogP) is 3.94. The van der Waals surface area contributed by atoms with Crippen molar-refractivity contribution < 1.29 is 4.79 Å². The Morgan fingerprint density at radius 1 is 1.17 bits per heavy atom. The molecule has 5 nitrogen and oxygen atoms in total. The molecule has 3 aromatic rings. The molecule has 2 N–H and O–H groups in total. The largest absolute Gasteiger partial charge is 0.377 e. The van der Waals surface area contributed by atoms with Gasteiger partial charge in [-0.05, 0) is 36.4 Å². The highest BCUT2D eigenvalue weighted by molar-refractivity contribution is 6.30. The number of anilines is 2. The van der Waals surface area contributed by atoms with Gasteiger partial charge in [0, 0.05) is 35.8 Å². The predicted molar refractivity (Wildman–Crippen MR) is 96.4 cm³/mol. The molecule has 0 bridgehead atoms. The Balaban J connectivity index is 1.74. The number of nitrogens with zero attached hydrogens (tertiary/aromatic N) is 2. The summed E-state index contributed by atoms with van der Waals surface area (Å²) in [7, 11) is 1.93. The van der Waals surface area contributed by atoms with Gasteiger partial charge in [0.1, 0.15) is 5.82 Å². The number of aryl methyl sites for hydroxylation is 1. The first kappa shape index (κ1) is 16.1. The summed E-state index contributed by atoms with van der Waals surface area (Å²) in [6.07, 6.45) is 3.63. The molecule has 0 aliphatic carbocycles. The molecular weight excluding hydrogens is 324 g/mol. The number of nitrogens with one attached hydrogen (secondary N) is 2. The SMILES string of the molecule is Cn1ccnc1CNc1ccccc1C(=O)Nc1ccc(Cl)cc1. The van der Waals surface area contributed by atoms with E-state index in [-0.39, 0.29) is 5.91 Å². The third kappa shape index (κ3) is 3.75. The van der Waals surface area contributed by atoms with Gasteiger partial charge in [0.05, 0.1) is 12.1 Å². The first-order chi connectivity index (χ1) is 11.6. The van der Waals surface area contributed by atoms with Crippen LogP contribution in [0.1, 0.15) is 16.2 Å². The van der Waals surface area contributed by atoms with Crippen molar-refractivity contribution in [3.05, 3.63) is 77.3 Å². The maximum atomic E-state index is 12.5. The van der Waals surface area contributed by atoms with Crippen molar-refractivity contribution >= 4 is 28.9 Å². The lowest BCUT2D eigenvalue weighted by atomic mass is 10.1. The fraction of sp³-hybridized carbons (Fsp3) is 0.111. The molecule has 122 valence electrons. The van der Waals surface area contributed by atoms with Crippen LogP contribution in [0.3, 0.4) is 0 Å². The Kier molecular flexibility index (Phi) is 4.82. The van der Waals surface area contributed by atoms with Crippen LogP contribution in [0.4, 0.5) is 11.4 Å². The summed E-state index contributed by atoms with van der Waals surface area (Å²) < 4.78 is 1.93. The minimum absolute atomic E-state index is 0.180. The van der Waals surface area contributed by atoms with Crippen LogP contribution < -0.4 is 10.6 Å². The van der Waals surface area contributed by atoms with Gasteiger partial charge < -0.3 is 15.2 Å². The van der Waals surface area contributed by atoms with Crippen LogP contribution >= 0.6 is 11.6 Å². The van der Waals surface area contributed by atoms with Gasteiger partial charge in [-0.1, -0.05) is 23.7 Å². The Morgan fingerprint density at radius 2 is 1.92 bits per heavy atom. The van der Waals surface area contributed by atoms with E-state index >= 15 is 0 Å². The van der Waals surface area contributed by atoms with E-state index in [0.717, 1.165) is 11.5 Å². The summed E-state index contributed by atoms with van der Waals surface area (Å²) in [6.45, 7) is 0.536. The average molecular weight is 341 g/mol. The fourth-order valence-electron chi connectivity index (χ4n) is 2.31. The summed E-state index contributed by atoms with van der Waals surface area (Å²) >= 11 is 5.86. The Hall–Kier alpha value is -2.79. The molecular formula is C18H17ClN4O. The normalized spacial score (nSPS) is 10.4. The molecule has 2 aromatic carbocycles. The van der Waals surface area contributed by atoms with E-state index in [1.165, 1.54) is 0 Å². The van der Waals surface area contributed by atoms with Crippen molar-refractivity contribution in [3.8, 4) is 0 Å². The molecule has 1 aromatic heterocycles. The molecule has 3 rings (SSSR count). The van der Waals surface area contributed by atoms with Crippen LogP contribution in [0.5, 0.6) is 0 Å². The van der Waals surface area contributed by atoms with Crippen LogP contribution in [0, 0.1) is 0 Å². The Bertz CT molecular complexity index is 842. The maximum absolute atomic E-state index is 12.5. The molecule has 24 heavy (non-hydrogen) atoms. The fourth-order valence-corrected chi connectivity index (χ4v) is 2.43. The molecule has 1 amide bonds. The molecule has 0 saturated heterocycles. The number of hydrogen-bond donors (Lipinski definition) is 2. The van der Waals surface area contributed by atoms with Crippen molar-refractivity contribution in [1.82, 2.24) is 9.55 Å². The summed E-state index contributed by atoms with van der Waals surface area (Å²) in [5, 5.41) is 6.77. The second-order valence-electron chi connectivity index (χ2n) is 5.31. The van der Waals surface area contributed by atoms with E-state index in [1.54, 1.807) is 36.5 Å². The zero-order valence-electron chi connectivity index (χ0n) is 13.2. The standard InChI is InChI=1S/C18H17ClN4O/c1-23-11-10-20-17(23)12-21-16-5-3-2-4-15(16)18(24)22-14-8-6-13(19)7-9-14/h2-11,21H,12H2,1H3,(H,22,24). The molecule has 1 heterocycles. The number of aromatic nitrogens is 2. The quantitative estimate of drug-likeness (QED) is 0.739. The van der Waals surface area contributed by atoms with Crippen LogP contribution in [0.2, 0.25) is 5.02 Å². The van der Waals surface area contributed by atoms with Crippen LogP contribution in [-0.2, 0) is 13.6 Å². The van der Waals surface area contributed by atoms with Crippen LogP contribution in [0.15, 0.2) is 60.9 Å². The third-order valence-corrected chi connectivity index (χ3v) is 3.88. The first-order valence-electron chi connectivity index (χ1n) is 7.49. The molecule has 0 radical (unpaired) electrons. The van der Waals surface area contributed by atoms with Gasteiger partial charge in [-0.25, -0.2) is 4.98 Å². The van der Waals surface area contributed by atoms with E-state index in [1.807, 2.05) is 36.0 Å². The van der Waals surface area contributed by atoms with E-state index in [4.69, 9.17) is 11.6 Å². The zero-order chi connectivity index (χ0) is 16.9. The topological polar surface area (TPSA) is 59.0 Å². The summed E-state index contributed by atoms with van der Waals surface area (Å²) in [5.41, 5.74) is 2.02. The number of halogens is 1. The van der Waals surface area contributed by atoms with Crippen molar-refractivity contribution in [3.63, 3.8) is 0 Å². The minimum Gasteiger partial charge on any atom is -0.377 e. The van der Waals surface area contributed by atoms with Crippen molar-refractivity contribution in [1.29, 1.82) is 0 Å². The molecule has 0 fully saturated rings. The number of hydrogen-bond acceptors (Lipinski definition) is 3. The monoisotopic (exact) mass is 340 g/mol. The lowest BCUT2D eigenvalue weighted by Crippen LogP contribution is -2.15. The van der Waals surface area contributed by atoms with Gasteiger partial charge >= 0.3 is 0 Å². The highest BCUT2D eigenvalue weighted by Crippen LogP contribution is 2.19. The smallest absolute Gasteiger partial charge is 0.257 e. The number of rotatable bonds is 5. The van der Waals surface area contributed by atoms with E-state index in [0.29, 0.717) is 22.8 Å². The number of para-hydroxylation sites is 1. The highest BCUT2D eigenvalue weighted by Gasteiger charge is 2.11. The van der Waals surface area contributed by atoms with Crippen molar-refractivity contribution in [2.24, 2.45) is 7.05 Å². The second kappa shape index (κ2) is 7.19. The van der Waals surface area contributed by atoms with Crippen LogP contribution in [-0.4, -0.2) is 15.5 Å². The van der Waals surface area contributed by atoms with Gasteiger partial charge in [0.15, 0.2) is 0 Å². The van der Waals surface area contributed by atoms with E-state index < -0.39 is 0 Å². The lowest BCUT2D eigenvalue weighted by Gasteiger charge is -2.12. The molecule has 0 atom stereocenters. The van der Waals surface area contributed by atoms with Crippen molar-refractivity contribution in [2.45, 2.75) is 6.54 Å². The molecule has 0 unspecified atom stereocenters. The highest BCUT2D eigenvalue weighted by atomic mass is 35.5. The molecule has 0 saturated carbocycles. The van der Waals surface area contributed by atoms with Crippen molar-refractivity contribution in [2.75, 3.05) is 10.6 Å². The third-order valence-electron chi connectivity index (χ3n) is 3.63. The van der Waals surface area contributed by atoms with E-state index in [9.17, 15) is 4.79 Å². The molecule has 6 heteroatoms. The second-order valence-corrected chi connectivity index (χ2v) is 5.75. The Labute approximate surface area is 145 Å². The summed E-state index contributed by atoms with van der Waals surface area (Å²) in [6, 6.07) is 14.4. The number of carbonyl (C=O) groups is 1. The number of benzene rings is 2. The lowest BCUT2D eigenvalue weighted by molar-refractivity contribution is 0.102. The zero-order valence-corrected chi connectivity index (χ0v) is 13.9. The molecule has 0 spiro atoms. The average Bonchev–Trinajstić information content (AvgIpc) is 3.00. The van der Waals surface area contributed by atoms with E-state index in [2.05, 4.69) is 15.6 Å². The molecule has 0 aliphatic rings. The number of amides is 1. The van der Waals surface area contributed by atoms with Gasteiger partial charge in [-0.2, -0.15) is 0 Å². The van der Waals surface area contributed by atoms with Gasteiger partial charge in [-0.15, -0.1) is 0 Å². The Morgan fingerprint density at radius 3 is 2.62 bits per heavy atom. The van der Waals surface area contributed by atoms with Gasteiger partial charge in [0.25, 0.3) is 5.91 Å².